The van der Waals surface area contributed by atoms with E-state index in [1.807, 2.05) is 14.1 Å². The molecule has 1 amide bonds. The number of nitro groups is 1. The van der Waals surface area contributed by atoms with Gasteiger partial charge in [-0.2, -0.15) is 0 Å². The second-order valence-electron chi connectivity index (χ2n) is 6.18. The van der Waals surface area contributed by atoms with Crippen molar-refractivity contribution in [3.63, 3.8) is 0 Å². The third-order valence-corrected chi connectivity index (χ3v) is 4.48. The summed E-state index contributed by atoms with van der Waals surface area (Å²) in [7, 11) is 5.50. The number of ether oxygens (including phenoxy) is 1. The van der Waals surface area contributed by atoms with Crippen LogP contribution >= 0.6 is 0 Å². The lowest BCUT2D eigenvalue weighted by Crippen LogP contribution is -2.35. The first-order valence-corrected chi connectivity index (χ1v) is 7.63. The number of benzene rings is 1. The zero-order valence-electron chi connectivity index (χ0n) is 14.0. The molecule has 0 radical (unpaired) electrons. The van der Waals surface area contributed by atoms with Crippen LogP contribution in [0.15, 0.2) is 12.1 Å². The lowest BCUT2D eigenvalue weighted by atomic mass is 10.1. The van der Waals surface area contributed by atoms with Gasteiger partial charge in [-0.15, -0.1) is 0 Å². The van der Waals surface area contributed by atoms with Crippen molar-refractivity contribution in [2.75, 3.05) is 21.2 Å². The summed E-state index contributed by atoms with van der Waals surface area (Å²) in [5, 5.41) is 14.1. The van der Waals surface area contributed by atoms with Gasteiger partial charge < -0.3 is 15.0 Å². The monoisotopic (exact) mass is 321 g/mol. The number of methoxy groups -OCH3 is 1. The lowest BCUT2D eigenvalue weighted by molar-refractivity contribution is -0.385. The highest BCUT2D eigenvalue weighted by Gasteiger charge is 2.28. The van der Waals surface area contributed by atoms with Gasteiger partial charge >= 0.3 is 0 Å². The molecule has 1 aliphatic carbocycles. The van der Waals surface area contributed by atoms with Crippen LogP contribution in [0.4, 0.5) is 5.69 Å². The Morgan fingerprint density at radius 2 is 2.09 bits per heavy atom. The number of amides is 1. The maximum absolute atomic E-state index is 12.4. The molecule has 1 aromatic rings. The zero-order valence-corrected chi connectivity index (χ0v) is 14.0. The van der Waals surface area contributed by atoms with Crippen LogP contribution in [-0.2, 0) is 0 Å². The van der Waals surface area contributed by atoms with E-state index in [2.05, 4.69) is 10.2 Å². The highest BCUT2D eigenvalue weighted by molar-refractivity contribution is 5.95. The number of nitrogens with zero attached hydrogens (tertiary/aromatic N) is 2. The molecule has 1 saturated carbocycles. The Morgan fingerprint density at radius 3 is 2.61 bits per heavy atom. The molecule has 0 aromatic heterocycles. The highest BCUT2D eigenvalue weighted by Crippen LogP contribution is 2.30. The third kappa shape index (κ3) is 3.79. The Bertz CT molecular complexity index is 616. The molecule has 126 valence electrons. The minimum atomic E-state index is -0.494. The first-order valence-electron chi connectivity index (χ1n) is 7.63. The van der Waals surface area contributed by atoms with Crippen LogP contribution in [0.1, 0.15) is 35.2 Å². The largest absolute Gasteiger partial charge is 0.496 e. The van der Waals surface area contributed by atoms with E-state index in [1.54, 1.807) is 13.0 Å². The molecule has 1 aliphatic rings. The summed E-state index contributed by atoms with van der Waals surface area (Å²) >= 11 is 0. The predicted molar refractivity (Wildman–Crippen MR) is 87.0 cm³/mol. The highest BCUT2D eigenvalue weighted by atomic mass is 16.6. The Kier molecular flexibility index (Phi) is 5.20. The van der Waals surface area contributed by atoms with E-state index >= 15 is 0 Å². The number of rotatable bonds is 5. The molecule has 23 heavy (non-hydrogen) atoms. The van der Waals surface area contributed by atoms with Crippen molar-refractivity contribution in [2.45, 2.75) is 38.3 Å². The fraction of sp³-hybridized carbons (Fsp3) is 0.562. The van der Waals surface area contributed by atoms with Crippen molar-refractivity contribution in [1.29, 1.82) is 0 Å². The molecule has 0 unspecified atom stereocenters. The van der Waals surface area contributed by atoms with Gasteiger partial charge in [0.25, 0.3) is 11.6 Å². The van der Waals surface area contributed by atoms with Gasteiger partial charge in [0.2, 0.25) is 0 Å². The van der Waals surface area contributed by atoms with Gasteiger partial charge in [-0.05, 0) is 46.3 Å². The molecular formula is C16H23N3O4. The summed E-state index contributed by atoms with van der Waals surface area (Å²) in [6.45, 7) is 1.61. The van der Waals surface area contributed by atoms with Crippen LogP contribution in [0, 0.1) is 17.0 Å². The molecule has 7 heteroatoms. The fourth-order valence-corrected chi connectivity index (χ4v) is 3.03. The number of nitrogens with one attached hydrogen (secondary N) is 1. The second-order valence-corrected chi connectivity index (χ2v) is 6.18. The third-order valence-electron chi connectivity index (χ3n) is 4.48. The molecule has 7 nitrogen and oxygen atoms in total. The van der Waals surface area contributed by atoms with Crippen molar-refractivity contribution in [3.05, 3.63) is 33.4 Å². The van der Waals surface area contributed by atoms with Crippen LogP contribution < -0.4 is 10.1 Å². The average molecular weight is 321 g/mol. The van der Waals surface area contributed by atoms with Gasteiger partial charge in [-0.25, -0.2) is 0 Å². The van der Waals surface area contributed by atoms with Crippen LogP contribution in [0.2, 0.25) is 0 Å². The van der Waals surface area contributed by atoms with Crippen molar-refractivity contribution in [1.82, 2.24) is 10.2 Å². The van der Waals surface area contributed by atoms with E-state index in [-0.39, 0.29) is 23.2 Å². The number of nitro benzene ring substituents is 1. The summed E-state index contributed by atoms with van der Waals surface area (Å²) < 4.78 is 5.15. The van der Waals surface area contributed by atoms with Gasteiger partial charge in [0.1, 0.15) is 5.75 Å². The Hall–Kier alpha value is -2.15. The zero-order chi connectivity index (χ0) is 17.1. The van der Waals surface area contributed by atoms with E-state index in [0.29, 0.717) is 17.4 Å². The van der Waals surface area contributed by atoms with Gasteiger partial charge in [0.05, 0.1) is 17.6 Å². The maximum Gasteiger partial charge on any atom is 0.276 e. The van der Waals surface area contributed by atoms with Crippen molar-refractivity contribution in [2.24, 2.45) is 0 Å². The first kappa shape index (κ1) is 17.2. The quantitative estimate of drug-likeness (QED) is 0.663. The number of hydrogen-bond acceptors (Lipinski definition) is 5. The minimum Gasteiger partial charge on any atom is -0.496 e. The second kappa shape index (κ2) is 6.95. The minimum absolute atomic E-state index is 0.0984. The average Bonchev–Trinajstić information content (AvgIpc) is 2.95. The van der Waals surface area contributed by atoms with Gasteiger partial charge in [-0.1, -0.05) is 0 Å². The van der Waals surface area contributed by atoms with E-state index in [9.17, 15) is 14.9 Å². The van der Waals surface area contributed by atoms with E-state index in [4.69, 9.17) is 4.74 Å². The number of hydrogen-bond donors (Lipinski definition) is 1. The molecule has 0 spiro atoms. The molecule has 1 N–H and O–H groups in total. The lowest BCUT2D eigenvalue weighted by Gasteiger charge is -2.19. The van der Waals surface area contributed by atoms with Crippen LogP contribution in [0.5, 0.6) is 5.75 Å². The summed E-state index contributed by atoms with van der Waals surface area (Å²) in [5.74, 6) is 0.0535. The van der Waals surface area contributed by atoms with E-state index in [0.717, 1.165) is 19.3 Å². The number of carbonyl (C=O) groups is 1. The summed E-state index contributed by atoms with van der Waals surface area (Å²) in [6, 6.07) is 3.42. The first-order chi connectivity index (χ1) is 10.8. The molecular weight excluding hydrogens is 298 g/mol. The molecule has 0 saturated heterocycles. The summed E-state index contributed by atoms with van der Waals surface area (Å²) in [6.07, 6.45) is 2.85. The molecule has 2 rings (SSSR count). The smallest absolute Gasteiger partial charge is 0.276 e. The standard InChI is InChI=1S/C16H23N3O4/c1-10-14(19(21)22)7-11(8-15(10)23-4)16(20)17-12-5-6-13(9-12)18(2)3/h7-8,12-13H,5-6,9H2,1-4H3,(H,17,20)/t12-,13-/m0/s1. The molecule has 1 fully saturated rings. The molecule has 2 atom stereocenters. The fourth-order valence-electron chi connectivity index (χ4n) is 3.03. The van der Waals surface area contributed by atoms with Crippen molar-refractivity contribution >= 4 is 11.6 Å². The Morgan fingerprint density at radius 1 is 1.39 bits per heavy atom. The molecule has 0 heterocycles. The van der Waals surface area contributed by atoms with Crippen molar-refractivity contribution < 1.29 is 14.5 Å². The normalized spacial score (nSPS) is 20.6. The summed E-state index contributed by atoms with van der Waals surface area (Å²) in [5.41, 5.74) is 0.571. The van der Waals surface area contributed by atoms with Crippen LogP contribution in [0.25, 0.3) is 0 Å². The number of carbonyl (C=O) groups excluding carboxylic acids is 1. The van der Waals surface area contributed by atoms with E-state index < -0.39 is 4.92 Å². The van der Waals surface area contributed by atoms with Crippen molar-refractivity contribution in [3.8, 4) is 5.75 Å². The predicted octanol–water partition coefficient (Wildman–Crippen LogP) is 2.12. The van der Waals surface area contributed by atoms with Crippen LogP contribution in [-0.4, -0.2) is 49.0 Å². The van der Waals surface area contributed by atoms with Crippen LogP contribution in [0.3, 0.4) is 0 Å². The summed E-state index contributed by atoms with van der Waals surface area (Å²) in [4.78, 5) is 25.2. The topological polar surface area (TPSA) is 84.7 Å². The van der Waals surface area contributed by atoms with Gasteiger partial charge in [0.15, 0.2) is 0 Å². The van der Waals surface area contributed by atoms with E-state index in [1.165, 1.54) is 13.2 Å². The molecule has 0 bridgehead atoms. The molecule has 0 aliphatic heterocycles. The Labute approximate surface area is 135 Å². The maximum atomic E-state index is 12.4. The Balaban J connectivity index is 2.16. The van der Waals surface area contributed by atoms with Gasteiger partial charge in [-0.3, -0.25) is 14.9 Å². The SMILES string of the molecule is COc1cc(C(=O)N[C@H]2CC[C@H](N(C)C)C2)cc([N+](=O)[O-])c1C. The van der Waals surface area contributed by atoms with Gasteiger partial charge in [0, 0.05) is 23.7 Å². The molecule has 1 aromatic carbocycles.